The maximum absolute atomic E-state index is 8.79. The normalized spacial score (nSPS) is 10.7. The number of rotatable bonds is 6. The largest absolute Gasteiger partial charge is 0.485 e. The molecular formula is C20H21N3O. The topological polar surface area (TPSA) is 50.8 Å². The summed E-state index contributed by atoms with van der Waals surface area (Å²) >= 11 is 0. The van der Waals surface area contributed by atoms with Crippen LogP contribution in [0.4, 0.5) is 0 Å². The van der Waals surface area contributed by atoms with Gasteiger partial charge in [-0.1, -0.05) is 30.3 Å². The molecule has 0 bridgehead atoms. The molecule has 0 atom stereocenters. The van der Waals surface area contributed by atoms with Gasteiger partial charge < -0.3 is 9.30 Å². The molecule has 24 heavy (non-hydrogen) atoms. The van der Waals surface area contributed by atoms with Crippen LogP contribution in [0.1, 0.15) is 29.8 Å². The first-order valence-electron chi connectivity index (χ1n) is 8.21. The fourth-order valence-corrected chi connectivity index (χ4v) is 2.96. The number of nitrogens with zero attached hydrogens (tertiary/aromatic N) is 3. The lowest BCUT2D eigenvalue weighted by atomic mass is 10.1. The fourth-order valence-electron chi connectivity index (χ4n) is 2.96. The summed E-state index contributed by atoms with van der Waals surface area (Å²) < 4.78 is 8.25. The van der Waals surface area contributed by atoms with Gasteiger partial charge in [-0.25, -0.2) is 4.98 Å². The Kier molecular flexibility index (Phi) is 4.81. The molecule has 3 rings (SSSR count). The lowest BCUT2D eigenvalue weighted by Crippen LogP contribution is -2.08. The van der Waals surface area contributed by atoms with Crippen molar-refractivity contribution in [3.63, 3.8) is 0 Å². The number of aromatic nitrogens is 2. The summed E-state index contributed by atoms with van der Waals surface area (Å²) in [5.41, 5.74) is 4.31. The van der Waals surface area contributed by atoms with Gasteiger partial charge in [0, 0.05) is 13.0 Å². The highest BCUT2D eigenvalue weighted by Crippen LogP contribution is 2.24. The number of fused-ring (bicyclic) bond motifs is 1. The number of ether oxygens (including phenoxy) is 1. The third kappa shape index (κ3) is 3.26. The van der Waals surface area contributed by atoms with Crippen LogP contribution in [0, 0.1) is 25.2 Å². The van der Waals surface area contributed by atoms with Crippen molar-refractivity contribution in [3.8, 4) is 11.8 Å². The zero-order valence-corrected chi connectivity index (χ0v) is 14.1. The number of unbranched alkanes of at least 4 members (excludes halogenated alkanes) is 1. The first-order valence-corrected chi connectivity index (χ1v) is 8.21. The smallest absolute Gasteiger partial charge is 0.147 e. The average molecular weight is 319 g/mol. The van der Waals surface area contributed by atoms with Crippen LogP contribution in [0.3, 0.4) is 0 Å². The molecule has 122 valence electrons. The highest BCUT2D eigenvalue weighted by atomic mass is 16.5. The summed E-state index contributed by atoms with van der Waals surface area (Å²) in [4.78, 5) is 4.72. The number of hydrogen-bond donors (Lipinski definition) is 0. The van der Waals surface area contributed by atoms with Crippen LogP contribution < -0.4 is 4.74 Å². The van der Waals surface area contributed by atoms with E-state index in [-0.39, 0.29) is 0 Å². The van der Waals surface area contributed by atoms with Crippen molar-refractivity contribution in [2.24, 2.45) is 0 Å². The number of imidazole rings is 1. The summed E-state index contributed by atoms with van der Waals surface area (Å²) in [6.07, 6.45) is 1.36. The fraction of sp³-hybridized carbons (Fsp3) is 0.300. The van der Waals surface area contributed by atoms with E-state index in [2.05, 4.69) is 42.7 Å². The van der Waals surface area contributed by atoms with Crippen molar-refractivity contribution in [1.82, 2.24) is 9.55 Å². The Hall–Kier alpha value is -2.80. The summed E-state index contributed by atoms with van der Waals surface area (Å²) in [5.74, 6) is 1.82. The molecule has 0 aliphatic carbocycles. The van der Waals surface area contributed by atoms with Crippen LogP contribution in [0.15, 0.2) is 42.5 Å². The second kappa shape index (κ2) is 7.18. The number of aryl methyl sites for hydroxylation is 3. The molecule has 0 N–H and O–H groups in total. The Labute approximate surface area is 142 Å². The zero-order valence-electron chi connectivity index (χ0n) is 14.1. The van der Waals surface area contributed by atoms with Gasteiger partial charge in [0.25, 0.3) is 0 Å². The highest BCUT2D eigenvalue weighted by Gasteiger charge is 2.12. The van der Waals surface area contributed by atoms with Gasteiger partial charge >= 0.3 is 0 Å². The second-order valence-electron chi connectivity index (χ2n) is 5.94. The Morgan fingerprint density at radius 3 is 2.58 bits per heavy atom. The van der Waals surface area contributed by atoms with Gasteiger partial charge in [0.2, 0.25) is 0 Å². The molecule has 1 heterocycles. The van der Waals surface area contributed by atoms with Crippen LogP contribution in [-0.2, 0) is 13.2 Å². The van der Waals surface area contributed by atoms with Gasteiger partial charge in [0.1, 0.15) is 18.2 Å². The number of para-hydroxylation sites is 3. The Morgan fingerprint density at radius 2 is 1.83 bits per heavy atom. The maximum Gasteiger partial charge on any atom is 0.147 e. The number of benzene rings is 2. The summed E-state index contributed by atoms with van der Waals surface area (Å²) in [6, 6.07) is 16.4. The molecule has 4 nitrogen and oxygen atoms in total. The monoisotopic (exact) mass is 319 g/mol. The third-order valence-corrected chi connectivity index (χ3v) is 4.16. The molecule has 4 heteroatoms. The third-order valence-electron chi connectivity index (χ3n) is 4.16. The molecule has 0 aliphatic heterocycles. The molecule has 2 aromatic carbocycles. The van der Waals surface area contributed by atoms with Gasteiger partial charge in [-0.15, -0.1) is 0 Å². The first-order chi connectivity index (χ1) is 11.7. The number of hydrogen-bond acceptors (Lipinski definition) is 3. The minimum Gasteiger partial charge on any atom is -0.485 e. The van der Waals surface area contributed by atoms with E-state index in [1.165, 1.54) is 0 Å². The molecule has 0 spiro atoms. The Balaban J connectivity index is 1.88. The average Bonchev–Trinajstić information content (AvgIpc) is 2.93. The molecular weight excluding hydrogens is 298 g/mol. The summed E-state index contributed by atoms with van der Waals surface area (Å²) in [5, 5.41) is 8.79. The molecule has 0 aliphatic rings. The van der Waals surface area contributed by atoms with Crippen molar-refractivity contribution >= 4 is 11.0 Å². The minimum absolute atomic E-state index is 0.424. The van der Waals surface area contributed by atoms with Crippen molar-refractivity contribution in [1.29, 1.82) is 5.26 Å². The van der Waals surface area contributed by atoms with Gasteiger partial charge in [-0.3, -0.25) is 0 Å². The van der Waals surface area contributed by atoms with Crippen LogP contribution in [0.5, 0.6) is 5.75 Å². The molecule has 3 aromatic rings. The lowest BCUT2D eigenvalue weighted by molar-refractivity contribution is 0.286. The lowest BCUT2D eigenvalue weighted by Gasteiger charge is -2.13. The summed E-state index contributed by atoms with van der Waals surface area (Å²) in [6.45, 7) is 5.31. The Morgan fingerprint density at radius 1 is 1.08 bits per heavy atom. The number of nitriles is 1. The standard InChI is InChI=1S/C20H21N3O/c1-15-8-7-9-16(2)20(15)24-14-19-22-17-10-3-4-11-18(17)23(19)13-6-5-12-21/h3-4,7-11H,5-6,13-14H2,1-2H3. The predicted octanol–water partition coefficient (Wildman–Crippen LogP) is 4.54. The van der Waals surface area contributed by atoms with E-state index in [1.807, 2.05) is 24.3 Å². The van der Waals surface area contributed by atoms with Gasteiger partial charge in [-0.05, 0) is 43.5 Å². The van der Waals surface area contributed by atoms with Crippen molar-refractivity contribution < 1.29 is 4.74 Å². The van der Waals surface area contributed by atoms with Gasteiger partial charge in [0.05, 0.1) is 17.1 Å². The maximum atomic E-state index is 8.79. The zero-order chi connectivity index (χ0) is 16.9. The molecule has 0 fully saturated rings. The highest BCUT2D eigenvalue weighted by molar-refractivity contribution is 5.75. The quantitative estimate of drug-likeness (QED) is 0.627. The van der Waals surface area contributed by atoms with Crippen LogP contribution >= 0.6 is 0 Å². The van der Waals surface area contributed by atoms with E-state index in [9.17, 15) is 0 Å². The van der Waals surface area contributed by atoms with E-state index in [4.69, 9.17) is 15.0 Å². The van der Waals surface area contributed by atoms with Crippen LogP contribution in [0.25, 0.3) is 11.0 Å². The van der Waals surface area contributed by atoms with Crippen molar-refractivity contribution in [3.05, 3.63) is 59.4 Å². The van der Waals surface area contributed by atoms with Crippen molar-refractivity contribution in [2.75, 3.05) is 0 Å². The molecule has 0 saturated carbocycles. The minimum atomic E-state index is 0.424. The first kappa shape index (κ1) is 16.1. The second-order valence-corrected chi connectivity index (χ2v) is 5.94. The van der Waals surface area contributed by atoms with E-state index in [0.717, 1.165) is 46.7 Å². The van der Waals surface area contributed by atoms with Crippen LogP contribution in [0.2, 0.25) is 0 Å². The summed E-state index contributed by atoms with van der Waals surface area (Å²) in [7, 11) is 0. The van der Waals surface area contributed by atoms with Crippen LogP contribution in [-0.4, -0.2) is 9.55 Å². The van der Waals surface area contributed by atoms with Gasteiger partial charge in [0.15, 0.2) is 0 Å². The SMILES string of the molecule is Cc1cccc(C)c1OCc1nc2ccccc2n1CCCC#N. The van der Waals surface area contributed by atoms with Crippen molar-refractivity contribution in [2.45, 2.75) is 39.8 Å². The van der Waals surface area contributed by atoms with Gasteiger partial charge in [-0.2, -0.15) is 5.26 Å². The van der Waals surface area contributed by atoms with E-state index >= 15 is 0 Å². The molecule has 0 saturated heterocycles. The molecule has 1 aromatic heterocycles. The molecule has 0 amide bonds. The van der Waals surface area contributed by atoms with E-state index in [0.29, 0.717) is 13.0 Å². The molecule has 0 radical (unpaired) electrons. The predicted molar refractivity (Wildman–Crippen MR) is 94.8 cm³/mol. The Bertz CT molecular complexity index is 869. The van der Waals surface area contributed by atoms with E-state index < -0.39 is 0 Å². The molecule has 0 unspecified atom stereocenters. The van der Waals surface area contributed by atoms with E-state index in [1.54, 1.807) is 0 Å².